The van der Waals surface area contributed by atoms with Crippen LogP contribution in [0.15, 0.2) is 36.4 Å². The second-order valence-corrected chi connectivity index (χ2v) is 5.12. The van der Waals surface area contributed by atoms with Gasteiger partial charge in [0.1, 0.15) is 5.75 Å². The van der Waals surface area contributed by atoms with Crippen molar-refractivity contribution in [3.63, 3.8) is 0 Å². The standard InChI is InChI=1S/C18H28O2/c1-2-3-4-5-6-7-8-9-10-14-20-18-13-11-12-17(15-18)16-19/h7-8,11-13,15,19H,2-6,9-10,14,16H2,1H3/b8-7-. The van der Waals surface area contributed by atoms with Gasteiger partial charge in [0, 0.05) is 0 Å². The summed E-state index contributed by atoms with van der Waals surface area (Å²) >= 11 is 0. The monoisotopic (exact) mass is 276 g/mol. The molecule has 0 aliphatic carbocycles. The molecular formula is C18H28O2. The van der Waals surface area contributed by atoms with Gasteiger partial charge in [0.25, 0.3) is 0 Å². The maximum atomic E-state index is 9.04. The number of allylic oxidation sites excluding steroid dienone is 2. The molecule has 0 aliphatic heterocycles. The minimum atomic E-state index is 0.0674. The number of ether oxygens (including phenoxy) is 1. The van der Waals surface area contributed by atoms with Gasteiger partial charge in [0.05, 0.1) is 13.2 Å². The molecule has 0 saturated carbocycles. The van der Waals surface area contributed by atoms with Crippen molar-refractivity contribution in [2.24, 2.45) is 0 Å². The van der Waals surface area contributed by atoms with Crippen molar-refractivity contribution in [3.05, 3.63) is 42.0 Å². The van der Waals surface area contributed by atoms with Gasteiger partial charge in [-0.15, -0.1) is 0 Å². The summed E-state index contributed by atoms with van der Waals surface area (Å²) in [4.78, 5) is 0. The van der Waals surface area contributed by atoms with E-state index in [0.29, 0.717) is 0 Å². The topological polar surface area (TPSA) is 29.5 Å². The minimum Gasteiger partial charge on any atom is -0.494 e. The van der Waals surface area contributed by atoms with Gasteiger partial charge >= 0.3 is 0 Å². The lowest BCUT2D eigenvalue weighted by Crippen LogP contribution is -1.97. The van der Waals surface area contributed by atoms with Crippen molar-refractivity contribution in [3.8, 4) is 5.75 Å². The van der Waals surface area contributed by atoms with E-state index in [0.717, 1.165) is 30.8 Å². The molecule has 0 atom stereocenters. The first kappa shape index (κ1) is 16.8. The Morgan fingerprint density at radius 1 is 1.05 bits per heavy atom. The van der Waals surface area contributed by atoms with E-state index in [-0.39, 0.29) is 6.61 Å². The van der Waals surface area contributed by atoms with Crippen LogP contribution in [0.4, 0.5) is 0 Å². The number of rotatable bonds is 11. The molecule has 0 spiro atoms. The van der Waals surface area contributed by atoms with Gasteiger partial charge in [-0.2, -0.15) is 0 Å². The second kappa shape index (κ2) is 11.5. The second-order valence-electron chi connectivity index (χ2n) is 5.12. The SMILES string of the molecule is CCCCCC/C=C\CCCOc1cccc(CO)c1. The molecule has 112 valence electrons. The van der Waals surface area contributed by atoms with Crippen LogP contribution < -0.4 is 4.74 Å². The number of aliphatic hydroxyl groups excluding tert-OH is 1. The van der Waals surface area contributed by atoms with Crippen molar-refractivity contribution in [1.29, 1.82) is 0 Å². The lowest BCUT2D eigenvalue weighted by atomic mass is 10.1. The summed E-state index contributed by atoms with van der Waals surface area (Å²) < 4.78 is 5.66. The van der Waals surface area contributed by atoms with Crippen molar-refractivity contribution >= 4 is 0 Å². The van der Waals surface area contributed by atoms with Crippen LogP contribution in [0.3, 0.4) is 0 Å². The molecule has 0 unspecified atom stereocenters. The molecule has 0 aliphatic rings. The van der Waals surface area contributed by atoms with Crippen LogP contribution in [0.2, 0.25) is 0 Å². The van der Waals surface area contributed by atoms with Gasteiger partial charge in [-0.25, -0.2) is 0 Å². The van der Waals surface area contributed by atoms with Crippen molar-refractivity contribution in [2.75, 3.05) is 6.61 Å². The van der Waals surface area contributed by atoms with Crippen LogP contribution in [0.1, 0.15) is 57.4 Å². The molecule has 0 amide bonds. The Morgan fingerprint density at radius 3 is 2.60 bits per heavy atom. The normalized spacial score (nSPS) is 11.1. The number of benzene rings is 1. The van der Waals surface area contributed by atoms with E-state index in [4.69, 9.17) is 9.84 Å². The highest BCUT2D eigenvalue weighted by atomic mass is 16.5. The zero-order valence-corrected chi connectivity index (χ0v) is 12.7. The maximum absolute atomic E-state index is 9.04. The lowest BCUT2D eigenvalue weighted by molar-refractivity contribution is 0.278. The Balaban J connectivity index is 2.02. The third-order valence-corrected chi connectivity index (χ3v) is 3.26. The van der Waals surface area contributed by atoms with E-state index in [9.17, 15) is 0 Å². The zero-order valence-electron chi connectivity index (χ0n) is 12.7. The highest BCUT2D eigenvalue weighted by Gasteiger charge is 1.95. The third kappa shape index (κ3) is 8.00. The lowest BCUT2D eigenvalue weighted by Gasteiger charge is -2.06. The Bertz CT molecular complexity index is 371. The maximum Gasteiger partial charge on any atom is 0.119 e. The smallest absolute Gasteiger partial charge is 0.119 e. The molecule has 1 aromatic carbocycles. The van der Waals surface area contributed by atoms with Crippen LogP contribution in [0, 0.1) is 0 Å². The molecule has 1 aromatic rings. The molecule has 0 radical (unpaired) electrons. The molecule has 0 bridgehead atoms. The molecule has 0 heterocycles. The van der Waals surface area contributed by atoms with Crippen LogP contribution >= 0.6 is 0 Å². The van der Waals surface area contributed by atoms with Crippen molar-refractivity contribution in [1.82, 2.24) is 0 Å². The molecule has 1 N–H and O–H groups in total. The summed E-state index contributed by atoms with van der Waals surface area (Å²) in [5.41, 5.74) is 0.898. The summed E-state index contributed by atoms with van der Waals surface area (Å²) in [7, 11) is 0. The predicted octanol–water partition coefficient (Wildman–Crippen LogP) is 4.86. The van der Waals surface area contributed by atoms with Gasteiger partial charge in [0.15, 0.2) is 0 Å². The first-order chi connectivity index (χ1) is 9.86. The Hall–Kier alpha value is -1.28. The molecule has 20 heavy (non-hydrogen) atoms. The fourth-order valence-electron chi connectivity index (χ4n) is 2.05. The number of unbranched alkanes of at least 4 members (excludes halogenated alkanes) is 5. The predicted molar refractivity (Wildman–Crippen MR) is 85.0 cm³/mol. The fraction of sp³-hybridized carbons (Fsp3) is 0.556. The Morgan fingerprint density at radius 2 is 1.85 bits per heavy atom. The van der Waals surface area contributed by atoms with Crippen LogP contribution in [-0.4, -0.2) is 11.7 Å². The van der Waals surface area contributed by atoms with Crippen LogP contribution in [0.5, 0.6) is 5.75 Å². The molecule has 1 rings (SSSR count). The summed E-state index contributed by atoms with van der Waals surface area (Å²) in [6.45, 7) is 3.04. The highest BCUT2D eigenvalue weighted by Crippen LogP contribution is 2.13. The van der Waals surface area contributed by atoms with Gasteiger partial charge in [0.2, 0.25) is 0 Å². The van der Waals surface area contributed by atoms with Crippen molar-refractivity contribution in [2.45, 2.75) is 58.5 Å². The number of hydrogen-bond donors (Lipinski definition) is 1. The fourth-order valence-corrected chi connectivity index (χ4v) is 2.05. The minimum absolute atomic E-state index is 0.0674. The molecule has 2 nitrogen and oxygen atoms in total. The van der Waals surface area contributed by atoms with Crippen molar-refractivity contribution < 1.29 is 9.84 Å². The molecule has 0 aromatic heterocycles. The first-order valence-corrected chi connectivity index (χ1v) is 7.84. The highest BCUT2D eigenvalue weighted by molar-refractivity contribution is 5.27. The molecular weight excluding hydrogens is 248 g/mol. The Labute approximate surface area is 123 Å². The van der Waals surface area contributed by atoms with E-state index in [1.165, 1.54) is 32.1 Å². The van der Waals surface area contributed by atoms with E-state index < -0.39 is 0 Å². The summed E-state index contributed by atoms with van der Waals surface area (Å²) in [6, 6.07) is 7.64. The van der Waals surface area contributed by atoms with Gasteiger partial charge < -0.3 is 9.84 Å². The molecule has 2 heteroatoms. The Kier molecular flexibility index (Phi) is 9.68. The molecule has 0 fully saturated rings. The van der Waals surface area contributed by atoms with E-state index in [2.05, 4.69) is 19.1 Å². The number of aliphatic hydroxyl groups is 1. The average Bonchev–Trinajstić information content (AvgIpc) is 2.49. The first-order valence-electron chi connectivity index (χ1n) is 7.84. The largest absolute Gasteiger partial charge is 0.494 e. The third-order valence-electron chi connectivity index (χ3n) is 3.26. The summed E-state index contributed by atoms with van der Waals surface area (Å²) in [5, 5.41) is 9.04. The van der Waals surface area contributed by atoms with Gasteiger partial charge in [-0.05, 0) is 43.4 Å². The van der Waals surface area contributed by atoms with Gasteiger partial charge in [-0.3, -0.25) is 0 Å². The average molecular weight is 276 g/mol. The zero-order chi connectivity index (χ0) is 14.5. The van der Waals surface area contributed by atoms with E-state index in [1.54, 1.807) is 0 Å². The van der Waals surface area contributed by atoms with Crippen LogP contribution in [-0.2, 0) is 6.61 Å². The summed E-state index contributed by atoms with van der Waals surface area (Å²) in [6.07, 6.45) is 13.2. The van der Waals surface area contributed by atoms with E-state index in [1.807, 2.05) is 24.3 Å². The summed E-state index contributed by atoms with van der Waals surface area (Å²) in [5.74, 6) is 0.847. The van der Waals surface area contributed by atoms with E-state index >= 15 is 0 Å². The molecule has 0 saturated heterocycles. The van der Waals surface area contributed by atoms with Crippen LogP contribution in [0.25, 0.3) is 0 Å². The van der Waals surface area contributed by atoms with Gasteiger partial charge in [-0.1, -0.05) is 50.5 Å². The number of hydrogen-bond acceptors (Lipinski definition) is 2. The quantitative estimate of drug-likeness (QED) is 0.462.